The molecule has 0 unspecified atom stereocenters. The maximum atomic E-state index is 13.4. The molecule has 0 radical (unpaired) electrons. The Kier molecular flexibility index (Phi) is 8.79. The number of sulfonamides is 1. The van der Waals surface area contributed by atoms with Crippen molar-refractivity contribution in [1.29, 1.82) is 0 Å². The van der Waals surface area contributed by atoms with Gasteiger partial charge in [0.15, 0.2) is 0 Å². The highest BCUT2D eigenvalue weighted by atomic mass is 32.2. The van der Waals surface area contributed by atoms with Crippen LogP contribution in [0.3, 0.4) is 0 Å². The van der Waals surface area contributed by atoms with Crippen molar-refractivity contribution in [2.75, 3.05) is 63.7 Å². The number of anilines is 2. The van der Waals surface area contributed by atoms with Gasteiger partial charge >= 0.3 is 6.09 Å². The predicted molar refractivity (Wildman–Crippen MR) is 124 cm³/mol. The Hall–Kier alpha value is -3.22. The number of rotatable bonds is 9. The maximum Gasteiger partial charge on any atom is 0.411 e. The average molecular weight is 495 g/mol. The van der Waals surface area contributed by atoms with Crippen LogP contribution in [0.1, 0.15) is 0 Å². The number of benzene rings is 2. The van der Waals surface area contributed by atoms with E-state index in [0.717, 1.165) is 6.07 Å². The molecule has 2 aromatic carbocycles. The Morgan fingerprint density at radius 1 is 1.00 bits per heavy atom. The Labute approximate surface area is 197 Å². The quantitative estimate of drug-likeness (QED) is 0.512. The van der Waals surface area contributed by atoms with Crippen molar-refractivity contribution in [3.63, 3.8) is 0 Å². The Bertz CT molecular complexity index is 1110. The zero-order valence-electron chi connectivity index (χ0n) is 18.7. The van der Waals surface area contributed by atoms with Gasteiger partial charge in [0.25, 0.3) is 0 Å². The first kappa shape index (κ1) is 25.4. The van der Waals surface area contributed by atoms with Gasteiger partial charge in [-0.2, -0.15) is 4.31 Å². The van der Waals surface area contributed by atoms with Crippen molar-refractivity contribution in [3.05, 3.63) is 54.3 Å². The van der Waals surface area contributed by atoms with Crippen LogP contribution in [-0.4, -0.2) is 82.7 Å². The van der Waals surface area contributed by atoms with Crippen LogP contribution in [0, 0.1) is 5.82 Å². The number of hydrogen-bond donors (Lipinski definition) is 2. The zero-order valence-corrected chi connectivity index (χ0v) is 19.5. The second-order valence-corrected chi connectivity index (χ2v) is 9.37. The summed E-state index contributed by atoms with van der Waals surface area (Å²) in [5.74, 6) is -0.816. The second-order valence-electron chi connectivity index (χ2n) is 7.43. The van der Waals surface area contributed by atoms with Crippen molar-refractivity contribution >= 4 is 33.4 Å². The largest absolute Gasteiger partial charge is 0.447 e. The first-order chi connectivity index (χ1) is 16.3. The van der Waals surface area contributed by atoms with E-state index in [2.05, 4.69) is 10.6 Å². The second kappa shape index (κ2) is 11.8. The lowest BCUT2D eigenvalue weighted by atomic mass is 10.2. The van der Waals surface area contributed by atoms with Gasteiger partial charge in [0.05, 0.1) is 18.0 Å². The van der Waals surface area contributed by atoms with E-state index in [9.17, 15) is 22.4 Å². The molecule has 2 aromatic rings. The van der Waals surface area contributed by atoms with Crippen LogP contribution in [0.2, 0.25) is 0 Å². The van der Waals surface area contributed by atoms with Crippen LogP contribution in [0.4, 0.5) is 20.6 Å². The fourth-order valence-electron chi connectivity index (χ4n) is 3.32. The normalized spacial score (nSPS) is 14.5. The molecule has 1 aliphatic heterocycles. The molecule has 184 valence electrons. The van der Waals surface area contributed by atoms with Crippen molar-refractivity contribution < 1.29 is 31.9 Å². The summed E-state index contributed by atoms with van der Waals surface area (Å²) in [4.78, 5) is 25.8. The van der Waals surface area contributed by atoms with Crippen molar-refractivity contribution in [3.8, 4) is 0 Å². The number of methoxy groups -OCH3 is 1. The van der Waals surface area contributed by atoms with E-state index in [0.29, 0.717) is 18.0 Å². The van der Waals surface area contributed by atoms with E-state index < -0.39 is 21.9 Å². The van der Waals surface area contributed by atoms with Gasteiger partial charge in [-0.05, 0) is 36.4 Å². The van der Waals surface area contributed by atoms with E-state index in [1.165, 1.54) is 29.6 Å². The van der Waals surface area contributed by atoms with Gasteiger partial charge in [-0.1, -0.05) is 12.1 Å². The van der Waals surface area contributed by atoms with Gasteiger partial charge in [0.1, 0.15) is 12.4 Å². The number of halogens is 1. The summed E-state index contributed by atoms with van der Waals surface area (Å²) in [6.07, 6.45) is -0.614. The Balaban J connectivity index is 1.48. The monoisotopic (exact) mass is 494 g/mol. The molecule has 0 aliphatic carbocycles. The molecule has 12 heteroatoms. The smallest absolute Gasteiger partial charge is 0.411 e. The van der Waals surface area contributed by atoms with E-state index in [4.69, 9.17) is 9.47 Å². The average Bonchev–Trinajstić information content (AvgIpc) is 2.83. The van der Waals surface area contributed by atoms with Crippen molar-refractivity contribution in [2.24, 2.45) is 0 Å². The zero-order chi connectivity index (χ0) is 24.6. The number of ether oxygens (including phenoxy) is 2. The summed E-state index contributed by atoms with van der Waals surface area (Å²) >= 11 is 0. The summed E-state index contributed by atoms with van der Waals surface area (Å²) in [5, 5.41) is 5.59. The lowest BCUT2D eigenvalue weighted by molar-refractivity contribution is -0.130. The fraction of sp³-hybridized carbons (Fsp3) is 0.364. The highest BCUT2D eigenvalue weighted by Crippen LogP contribution is 2.19. The number of carbonyl (C=O) groups is 2. The van der Waals surface area contributed by atoms with E-state index in [-0.39, 0.29) is 50.1 Å². The van der Waals surface area contributed by atoms with Crippen LogP contribution in [0.25, 0.3) is 0 Å². The number of carbonyl (C=O) groups excluding carboxylic acids is 2. The van der Waals surface area contributed by atoms with Gasteiger partial charge in [0.2, 0.25) is 15.9 Å². The van der Waals surface area contributed by atoms with Gasteiger partial charge < -0.3 is 19.7 Å². The van der Waals surface area contributed by atoms with Gasteiger partial charge in [-0.25, -0.2) is 17.6 Å². The number of piperazine rings is 1. The first-order valence-corrected chi connectivity index (χ1v) is 12.0. The minimum absolute atomic E-state index is 0.00160. The van der Waals surface area contributed by atoms with E-state index in [1.807, 2.05) is 0 Å². The molecule has 0 bridgehead atoms. The van der Waals surface area contributed by atoms with Gasteiger partial charge in [0, 0.05) is 44.7 Å². The molecule has 0 atom stereocenters. The van der Waals surface area contributed by atoms with Crippen molar-refractivity contribution in [1.82, 2.24) is 9.21 Å². The third kappa shape index (κ3) is 6.89. The summed E-state index contributed by atoms with van der Waals surface area (Å²) < 4.78 is 49.9. The minimum Gasteiger partial charge on any atom is -0.447 e. The number of nitrogens with one attached hydrogen (secondary N) is 2. The molecule has 1 aliphatic rings. The summed E-state index contributed by atoms with van der Waals surface area (Å²) in [5.41, 5.74) is 1.12. The molecule has 0 saturated carbocycles. The van der Waals surface area contributed by atoms with E-state index in [1.54, 1.807) is 29.2 Å². The molecule has 1 fully saturated rings. The maximum absolute atomic E-state index is 13.4. The summed E-state index contributed by atoms with van der Waals surface area (Å²) in [6.45, 7) is 1.12. The number of nitrogens with zero attached hydrogens (tertiary/aromatic N) is 2. The Morgan fingerprint density at radius 2 is 1.71 bits per heavy atom. The standard InChI is InChI=1S/C22H27FN4O6S/c1-32-12-13-33-22(29)25-19-6-3-5-18(15-19)24-16-21(28)26-8-10-27(11-9-26)34(30,31)20-7-2-4-17(23)14-20/h2-7,14-15,24H,8-13,16H2,1H3,(H,25,29). The molecule has 1 saturated heterocycles. The van der Waals surface area contributed by atoms with E-state index >= 15 is 0 Å². The lowest BCUT2D eigenvalue weighted by Crippen LogP contribution is -2.51. The SMILES string of the molecule is COCCOC(=O)Nc1cccc(NCC(=O)N2CCN(S(=O)(=O)c3cccc(F)c3)CC2)c1. The third-order valence-corrected chi connectivity index (χ3v) is 6.99. The molecule has 3 rings (SSSR count). The topological polar surface area (TPSA) is 117 Å². The molecule has 2 amide bonds. The molecule has 10 nitrogen and oxygen atoms in total. The van der Waals surface area contributed by atoms with Crippen LogP contribution in [0.15, 0.2) is 53.4 Å². The first-order valence-electron chi connectivity index (χ1n) is 10.6. The molecule has 0 aromatic heterocycles. The molecule has 34 heavy (non-hydrogen) atoms. The number of amides is 2. The van der Waals surface area contributed by atoms with Gasteiger partial charge in [-0.3, -0.25) is 10.1 Å². The molecule has 0 spiro atoms. The molecule has 2 N–H and O–H groups in total. The summed E-state index contributed by atoms with van der Waals surface area (Å²) in [6, 6.07) is 11.7. The highest BCUT2D eigenvalue weighted by Gasteiger charge is 2.30. The van der Waals surface area contributed by atoms with Crippen LogP contribution in [0.5, 0.6) is 0 Å². The minimum atomic E-state index is -3.82. The lowest BCUT2D eigenvalue weighted by Gasteiger charge is -2.34. The van der Waals surface area contributed by atoms with Crippen molar-refractivity contribution in [2.45, 2.75) is 4.90 Å². The fourth-order valence-corrected chi connectivity index (χ4v) is 4.78. The van der Waals surface area contributed by atoms with Gasteiger partial charge in [-0.15, -0.1) is 0 Å². The Morgan fingerprint density at radius 3 is 2.41 bits per heavy atom. The molecular weight excluding hydrogens is 467 g/mol. The predicted octanol–water partition coefficient (Wildman–Crippen LogP) is 1.97. The third-order valence-electron chi connectivity index (χ3n) is 5.10. The highest BCUT2D eigenvalue weighted by molar-refractivity contribution is 7.89. The molecular formula is C22H27FN4O6S. The summed E-state index contributed by atoms with van der Waals surface area (Å²) in [7, 11) is -2.32. The van der Waals surface area contributed by atoms with Crippen LogP contribution >= 0.6 is 0 Å². The van der Waals surface area contributed by atoms with Crippen LogP contribution < -0.4 is 10.6 Å². The van der Waals surface area contributed by atoms with Crippen LogP contribution in [-0.2, 0) is 24.3 Å². The molecule has 1 heterocycles. The number of hydrogen-bond acceptors (Lipinski definition) is 7.